The van der Waals surface area contributed by atoms with Gasteiger partial charge in [-0.05, 0) is 64.8 Å². The van der Waals surface area contributed by atoms with E-state index in [-0.39, 0.29) is 0 Å². The van der Waals surface area contributed by atoms with E-state index in [4.69, 9.17) is 0 Å². The maximum atomic E-state index is 12.4. The summed E-state index contributed by atoms with van der Waals surface area (Å²) in [5.74, 6) is 0. The van der Waals surface area contributed by atoms with Gasteiger partial charge >= 0.3 is 6.18 Å². The molecule has 0 saturated carbocycles. The lowest BCUT2D eigenvalue weighted by Gasteiger charge is -2.11. The summed E-state index contributed by atoms with van der Waals surface area (Å²) in [6, 6.07) is 10.7. The fourth-order valence-corrected chi connectivity index (χ4v) is 2.21. The van der Waals surface area contributed by atoms with Crippen LogP contribution in [-0.2, 0) is 6.18 Å². The van der Waals surface area contributed by atoms with Crippen LogP contribution in [-0.4, -0.2) is 0 Å². The molecule has 0 bridgehead atoms. The molecule has 23 heavy (non-hydrogen) atoms. The van der Waals surface area contributed by atoms with Gasteiger partial charge in [0.15, 0.2) is 0 Å². The molecule has 0 radical (unpaired) electrons. The molecule has 0 aromatic heterocycles. The van der Waals surface area contributed by atoms with Crippen molar-refractivity contribution in [2.24, 2.45) is 0 Å². The Morgan fingerprint density at radius 3 is 1.83 bits per heavy atom. The number of alkyl halides is 3. The molecule has 0 heterocycles. The molecule has 128 valence electrons. The van der Waals surface area contributed by atoms with Crippen molar-refractivity contribution >= 4 is 27.3 Å². The molecule has 0 fully saturated rings. The van der Waals surface area contributed by atoms with E-state index in [2.05, 4.69) is 21.2 Å². The summed E-state index contributed by atoms with van der Waals surface area (Å²) in [4.78, 5) is 0. The second kappa shape index (κ2) is 10.3. The van der Waals surface area contributed by atoms with Crippen molar-refractivity contribution in [3.63, 3.8) is 0 Å². The van der Waals surface area contributed by atoms with Crippen molar-refractivity contribution in [1.82, 2.24) is 0 Å². The van der Waals surface area contributed by atoms with E-state index in [9.17, 15) is 13.2 Å². The zero-order valence-corrected chi connectivity index (χ0v) is 15.6. The molecule has 0 atom stereocenters. The van der Waals surface area contributed by atoms with E-state index in [1.54, 1.807) is 0 Å². The summed E-state index contributed by atoms with van der Waals surface area (Å²) >= 11 is 3.41. The van der Waals surface area contributed by atoms with Gasteiger partial charge in [-0.1, -0.05) is 33.8 Å². The molecular formula is C18H23BrF3N. The van der Waals surface area contributed by atoms with E-state index in [1.807, 2.05) is 52.8 Å². The van der Waals surface area contributed by atoms with Crippen LogP contribution in [0.1, 0.15) is 38.8 Å². The Morgan fingerprint density at radius 2 is 1.39 bits per heavy atom. The first kappa shape index (κ1) is 21.5. The van der Waals surface area contributed by atoms with Crippen LogP contribution in [0.2, 0.25) is 0 Å². The molecule has 0 saturated heterocycles. The Morgan fingerprint density at radius 1 is 0.870 bits per heavy atom. The molecular weight excluding hydrogens is 367 g/mol. The number of hydrogen-bond donors (Lipinski definition) is 1. The van der Waals surface area contributed by atoms with Crippen molar-refractivity contribution < 1.29 is 13.2 Å². The Kier molecular flexibility index (Phi) is 9.65. The monoisotopic (exact) mass is 389 g/mol. The lowest BCUT2D eigenvalue weighted by atomic mass is 10.2. The third kappa shape index (κ3) is 7.08. The molecule has 1 nitrogen and oxygen atoms in total. The number of nitrogens with one attached hydrogen (secondary N) is 1. The normalized spacial score (nSPS) is 9.96. The highest BCUT2D eigenvalue weighted by Crippen LogP contribution is 2.31. The number of aryl methyl sites for hydroxylation is 1. The van der Waals surface area contributed by atoms with Crippen LogP contribution >= 0.6 is 15.9 Å². The van der Waals surface area contributed by atoms with Crippen molar-refractivity contribution in [2.45, 2.75) is 40.8 Å². The van der Waals surface area contributed by atoms with Crippen molar-refractivity contribution in [1.29, 1.82) is 0 Å². The molecule has 2 aromatic rings. The first-order valence-corrected chi connectivity index (χ1v) is 8.36. The summed E-state index contributed by atoms with van der Waals surface area (Å²) in [6.45, 7) is 9.96. The highest BCUT2D eigenvalue weighted by atomic mass is 79.9. The van der Waals surface area contributed by atoms with Crippen molar-refractivity contribution in [2.75, 3.05) is 5.32 Å². The molecule has 2 rings (SSSR count). The molecule has 0 aliphatic rings. The smallest absolute Gasteiger partial charge is 0.355 e. The van der Waals surface area contributed by atoms with Crippen LogP contribution in [0.15, 0.2) is 46.9 Å². The Balaban J connectivity index is 0.00000112. The van der Waals surface area contributed by atoms with Crippen LogP contribution in [0.3, 0.4) is 0 Å². The number of halogens is 4. The van der Waals surface area contributed by atoms with E-state index in [1.165, 1.54) is 12.1 Å². The summed E-state index contributed by atoms with van der Waals surface area (Å²) in [7, 11) is 0. The fourth-order valence-electron chi connectivity index (χ4n) is 1.62. The minimum absolute atomic E-state index is 0.609. The third-order valence-electron chi connectivity index (χ3n) is 2.62. The van der Waals surface area contributed by atoms with Gasteiger partial charge in [0, 0.05) is 10.2 Å². The van der Waals surface area contributed by atoms with Gasteiger partial charge in [0.05, 0.1) is 11.3 Å². The van der Waals surface area contributed by atoms with Crippen molar-refractivity contribution in [3.05, 3.63) is 58.1 Å². The predicted molar refractivity (Wildman–Crippen MR) is 96.3 cm³/mol. The molecule has 2 aromatic carbocycles. The Bertz CT molecular complexity index is 578. The second-order valence-electron chi connectivity index (χ2n) is 4.18. The number of benzene rings is 2. The van der Waals surface area contributed by atoms with Gasteiger partial charge in [-0.15, -0.1) is 0 Å². The lowest BCUT2D eigenvalue weighted by molar-refractivity contribution is -0.137. The van der Waals surface area contributed by atoms with Gasteiger partial charge in [0.2, 0.25) is 0 Å². The van der Waals surface area contributed by atoms with Gasteiger partial charge in [-0.3, -0.25) is 0 Å². The zero-order valence-electron chi connectivity index (χ0n) is 14.1. The SMILES string of the molecule is CC.CC.Cc1ccc(Nc2ccc(C(F)(F)F)cc2)c(Br)c1. The van der Waals surface area contributed by atoms with E-state index < -0.39 is 11.7 Å². The number of hydrogen-bond acceptors (Lipinski definition) is 1. The van der Waals surface area contributed by atoms with E-state index in [0.717, 1.165) is 27.9 Å². The van der Waals surface area contributed by atoms with Gasteiger partial charge in [-0.25, -0.2) is 0 Å². The molecule has 5 heteroatoms. The van der Waals surface area contributed by atoms with Crippen LogP contribution in [0, 0.1) is 6.92 Å². The summed E-state index contributed by atoms with van der Waals surface area (Å²) in [6.07, 6.45) is -4.30. The second-order valence-corrected chi connectivity index (χ2v) is 5.04. The van der Waals surface area contributed by atoms with Gasteiger partial charge < -0.3 is 5.32 Å². The van der Waals surface area contributed by atoms with Crippen LogP contribution in [0.25, 0.3) is 0 Å². The van der Waals surface area contributed by atoms with Gasteiger partial charge in [-0.2, -0.15) is 13.2 Å². The van der Waals surface area contributed by atoms with Crippen molar-refractivity contribution in [3.8, 4) is 0 Å². The first-order chi connectivity index (χ1) is 10.9. The standard InChI is InChI=1S/C14H11BrF3N.2C2H6/c1-9-2-7-13(12(15)8-9)19-11-5-3-10(4-6-11)14(16,17)18;2*1-2/h2-8,19H,1H3;2*1-2H3. The average molecular weight is 390 g/mol. The maximum Gasteiger partial charge on any atom is 0.416 e. The summed E-state index contributed by atoms with van der Waals surface area (Å²) in [5, 5.41) is 3.06. The molecule has 0 spiro atoms. The maximum absolute atomic E-state index is 12.4. The van der Waals surface area contributed by atoms with E-state index >= 15 is 0 Å². The Labute approximate surface area is 145 Å². The largest absolute Gasteiger partial charge is 0.416 e. The molecule has 1 N–H and O–H groups in total. The van der Waals surface area contributed by atoms with Gasteiger partial charge in [0.1, 0.15) is 0 Å². The average Bonchev–Trinajstić information content (AvgIpc) is 2.54. The van der Waals surface area contributed by atoms with Crippen LogP contribution in [0.5, 0.6) is 0 Å². The third-order valence-corrected chi connectivity index (χ3v) is 3.27. The minimum Gasteiger partial charge on any atom is -0.355 e. The van der Waals surface area contributed by atoms with E-state index in [0.29, 0.717) is 5.69 Å². The topological polar surface area (TPSA) is 12.0 Å². The molecule has 0 aliphatic carbocycles. The predicted octanol–water partition coefficient (Wildman–Crippen LogP) is 7.57. The zero-order chi connectivity index (χ0) is 18.0. The van der Waals surface area contributed by atoms with Crippen LogP contribution < -0.4 is 5.32 Å². The minimum atomic E-state index is -4.30. The summed E-state index contributed by atoms with van der Waals surface area (Å²) < 4.78 is 38.1. The molecule has 0 aliphatic heterocycles. The Hall–Kier alpha value is -1.49. The molecule has 0 amide bonds. The van der Waals surface area contributed by atoms with Gasteiger partial charge in [0.25, 0.3) is 0 Å². The summed E-state index contributed by atoms with van der Waals surface area (Å²) in [5.41, 5.74) is 1.87. The van der Waals surface area contributed by atoms with Crippen LogP contribution in [0.4, 0.5) is 24.5 Å². The highest BCUT2D eigenvalue weighted by Gasteiger charge is 2.29. The fraction of sp³-hybridized carbons (Fsp3) is 0.333. The number of anilines is 2. The lowest BCUT2D eigenvalue weighted by Crippen LogP contribution is -2.04. The quantitative estimate of drug-likeness (QED) is 0.558. The first-order valence-electron chi connectivity index (χ1n) is 7.57. The number of rotatable bonds is 2. The highest BCUT2D eigenvalue weighted by molar-refractivity contribution is 9.10. The molecule has 0 unspecified atom stereocenters.